The molecule has 5 rings (SSSR count). The molecule has 6 nitrogen and oxygen atoms in total. The third-order valence-electron chi connectivity index (χ3n) is 6.11. The first-order valence-electron chi connectivity index (χ1n) is 11.2. The van der Waals surface area contributed by atoms with Crippen molar-refractivity contribution in [3.8, 4) is 11.3 Å². The molecule has 0 spiro atoms. The number of fused-ring (bicyclic) bond motifs is 3. The van der Waals surface area contributed by atoms with Gasteiger partial charge in [0.15, 0.2) is 0 Å². The zero-order valence-electron chi connectivity index (χ0n) is 18.6. The van der Waals surface area contributed by atoms with Crippen LogP contribution in [0, 0.1) is 11.6 Å². The summed E-state index contributed by atoms with van der Waals surface area (Å²) in [5.41, 5.74) is 4.54. The summed E-state index contributed by atoms with van der Waals surface area (Å²) in [7, 11) is 0. The van der Waals surface area contributed by atoms with Crippen LogP contribution < -0.4 is 10.8 Å². The van der Waals surface area contributed by atoms with E-state index in [1.54, 1.807) is 13.0 Å². The highest BCUT2D eigenvalue weighted by atomic mass is 32.1. The topological polar surface area (TPSA) is 76.7 Å². The number of nitrogens with one attached hydrogen (secondary N) is 1. The van der Waals surface area contributed by atoms with Crippen molar-refractivity contribution in [3.63, 3.8) is 0 Å². The highest BCUT2D eigenvalue weighted by Gasteiger charge is 2.27. The minimum atomic E-state index is -0.422. The molecule has 0 radical (unpaired) electrons. The van der Waals surface area contributed by atoms with Crippen molar-refractivity contribution < 1.29 is 13.9 Å². The Bertz CT molecular complexity index is 1540. The Kier molecular flexibility index (Phi) is 5.50. The molecule has 3 heterocycles. The van der Waals surface area contributed by atoms with Crippen molar-refractivity contribution in [3.05, 3.63) is 84.8 Å². The molecule has 0 unspecified atom stereocenters. The van der Waals surface area contributed by atoms with Gasteiger partial charge in [0.1, 0.15) is 27.4 Å². The van der Waals surface area contributed by atoms with Crippen LogP contribution in [-0.4, -0.2) is 22.0 Å². The number of ether oxygens (including phenoxy) is 1. The zero-order chi connectivity index (χ0) is 23.1. The van der Waals surface area contributed by atoms with Crippen LogP contribution in [0.5, 0.6) is 0 Å². The van der Waals surface area contributed by atoms with Gasteiger partial charge in [0.25, 0.3) is 5.56 Å². The lowest BCUT2D eigenvalue weighted by Gasteiger charge is -2.12. The smallest absolute Gasteiger partial charge is 0.342 e. The molecule has 33 heavy (non-hydrogen) atoms. The predicted molar refractivity (Wildman–Crippen MR) is 129 cm³/mol. The van der Waals surface area contributed by atoms with Gasteiger partial charge in [-0.05, 0) is 63.3 Å². The highest BCUT2D eigenvalue weighted by molar-refractivity contribution is 7.71. The average Bonchev–Trinajstić information content (AvgIpc) is 3.39. The van der Waals surface area contributed by atoms with E-state index in [0.29, 0.717) is 32.6 Å². The second-order valence-electron chi connectivity index (χ2n) is 8.30. The lowest BCUT2D eigenvalue weighted by Crippen LogP contribution is -2.31. The second kappa shape index (κ2) is 8.48. The molecule has 1 N–H and O–H groups in total. The maximum atomic E-state index is 13.1. The molecule has 3 aromatic heterocycles. The third-order valence-corrected chi connectivity index (χ3v) is 6.51. The Morgan fingerprint density at radius 1 is 1.18 bits per heavy atom. The number of rotatable bonds is 4. The number of aromatic amines is 1. The Balaban J connectivity index is 1.69. The maximum absolute atomic E-state index is 13.1. The van der Waals surface area contributed by atoms with E-state index < -0.39 is 5.97 Å². The zero-order valence-corrected chi connectivity index (χ0v) is 19.4. The maximum Gasteiger partial charge on any atom is 0.342 e. The van der Waals surface area contributed by atoms with E-state index in [-0.39, 0.29) is 12.2 Å². The molecule has 0 atom stereocenters. The summed E-state index contributed by atoms with van der Waals surface area (Å²) in [6, 6.07) is 11.7. The lowest BCUT2D eigenvalue weighted by atomic mass is 9.95. The first kappa shape index (κ1) is 21.4. The van der Waals surface area contributed by atoms with Gasteiger partial charge in [0.2, 0.25) is 0 Å². The SMILES string of the molecule is CCOC(=O)c1c2c(n3c(=S)c(=Cc4ccc(-c5ccc(C)cc5)o4)c(=O)[nH]c13)CCCC2. The van der Waals surface area contributed by atoms with Crippen LogP contribution in [0.4, 0.5) is 0 Å². The number of hydrogen-bond acceptors (Lipinski definition) is 5. The molecule has 0 fully saturated rings. The van der Waals surface area contributed by atoms with Gasteiger partial charge in [-0.25, -0.2) is 4.79 Å². The number of benzene rings is 1. The Hall–Kier alpha value is -3.45. The van der Waals surface area contributed by atoms with Gasteiger partial charge in [-0.3, -0.25) is 9.20 Å². The largest absolute Gasteiger partial charge is 0.462 e. The van der Waals surface area contributed by atoms with Crippen LogP contribution in [0.2, 0.25) is 0 Å². The van der Waals surface area contributed by atoms with Crippen molar-refractivity contribution in [2.45, 2.75) is 39.5 Å². The number of carbonyl (C=O) groups is 1. The summed E-state index contributed by atoms with van der Waals surface area (Å²) in [4.78, 5) is 28.7. The summed E-state index contributed by atoms with van der Waals surface area (Å²) < 4.78 is 13.5. The molecule has 168 valence electrons. The number of aryl methyl sites for hydroxylation is 2. The van der Waals surface area contributed by atoms with Crippen molar-refractivity contribution in [2.24, 2.45) is 0 Å². The third kappa shape index (κ3) is 3.72. The molecular formula is C26H24N2O4S. The standard InChI is InChI=1S/C26H24N2O4S/c1-3-31-26(30)22-18-6-4-5-7-20(18)28-23(22)27-24(29)19(25(28)33)14-17-12-13-21(32-17)16-10-8-15(2)9-11-16/h8-14H,3-7H2,1-2H3,(H,27,29). The van der Waals surface area contributed by atoms with Gasteiger partial charge < -0.3 is 14.1 Å². The van der Waals surface area contributed by atoms with E-state index in [4.69, 9.17) is 21.4 Å². The van der Waals surface area contributed by atoms with Crippen LogP contribution >= 0.6 is 12.2 Å². The average molecular weight is 461 g/mol. The van der Waals surface area contributed by atoms with Gasteiger partial charge in [-0.2, -0.15) is 0 Å². The van der Waals surface area contributed by atoms with E-state index in [9.17, 15) is 9.59 Å². The van der Waals surface area contributed by atoms with Crippen molar-refractivity contribution in [2.75, 3.05) is 6.61 Å². The van der Waals surface area contributed by atoms with Crippen LogP contribution in [0.3, 0.4) is 0 Å². The van der Waals surface area contributed by atoms with Crippen molar-refractivity contribution in [1.29, 1.82) is 0 Å². The van der Waals surface area contributed by atoms with E-state index >= 15 is 0 Å². The van der Waals surface area contributed by atoms with E-state index in [0.717, 1.165) is 42.5 Å². The van der Waals surface area contributed by atoms with Crippen LogP contribution in [0.15, 0.2) is 45.6 Å². The molecule has 4 aromatic rings. The first-order chi connectivity index (χ1) is 16.0. The monoisotopic (exact) mass is 460 g/mol. The van der Waals surface area contributed by atoms with Crippen molar-refractivity contribution >= 4 is 29.9 Å². The van der Waals surface area contributed by atoms with Gasteiger partial charge in [0, 0.05) is 11.3 Å². The Labute approximate surface area is 195 Å². The highest BCUT2D eigenvalue weighted by Crippen LogP contribution is 2.30. The molecule has 7 heteroatoms. The summed E-state index contributed by atoms with van der Waals surface area (Å²) >= 11 is 5.76. The van der Waals surface area contributed by atoms with Crippen molar-refractivity contribution in [1.82, 2.24) is 9.38 Å². The molecule has 0 bridgehead atoms. The summed E-state index contributed by atoms with van der Waals surface area (Å²) in [5, 5.41) is 0.334. The molecule has 1 aliphatic rings. The number of H-pyrrole nitrogens is 1. The second-order valence-corrected chi connectivity index (χ2v) is 8.68. The van der Waals surface area contributed by atoms with E-state index in [2.05, 4.69) is 4.98 Å². The number of hydrogen-bond donors (Lipinski definition) is 1. The number of furan rings is 1. The summed E-state index contributed by atoms with van der Waals surface area (Å²) in [5.74, 6) is 0.828. The predicted octanol–water partition coefficient (Wildman–Crippen LogP) is 4.53. The summed E-state index contributed by atoms with van der Waals surface area (Å²) in [6.45, 7) is 4.07. The van der Waals surface area contributed by atoms with E-state index in [1.807, 2.05) is 47.7 Å². The normalized spacial score (nSPS) is 13.9. The number of aromatic nitrogens is 2. The number of esters is 1. The van der Waals surface area contributed by atoms with Gasteiger partial charge in [-0.15, -0.1) is 0 Å². The first-order valence-corrected chi connectivity index (χ1v) is 11.6. The molecule has 0 aliphatic heterocycles. The van der Waals surface area contributed by atoms with Crippen LogP contribution in [-0.2, 0) is 17.6 Å². The molecule has 1 aliphatic carbocycles. The quantitative estimate of drug-likeness (QED) is 0.358. The minimum Gasteiger partial charge on any atom is -0.462 e. The molecule has 0 saturated carbocycles. The molecule has 0 saturated heterocycles. The molecular weight excluding hydrogens is 436 g/mol. The number of carbonyl (C=O) groups excluding carboxylic acids is 1. The fourth-order valence-corrected chi connectivity index (χ4v) is 4.88. The molecule has 0 amide bonds. The minimum absolute atomic E-state index is 0.267. The molecule has 1 aromatic carbocycles. The van der Waals surface area contributed by atoms with E-state index in [1.165, 1.54) is 5.56 Å². The lowest BCUT2D eigenvalue weighted by molar-refractivity contribution is 0.0527. The van der Waals surface area contributed by atoms with Gasteiger partial charge in [-0.1, -0.05) is 42.0 Å². The number of nitrogens with zero attached hydrogens (tertiary/aromatic N) is 1. The van der Waals surface area contributed by atoms with Crippen LogP contribution in [0.1, 0.15) is 52.7 Å². The summed E-state index contributed by atoms with van der Waals surface area (Å²) in [6.07, 6.45) is 5.22. The van der Waals surface area contributed by atoms with Gasteiger partial charge in [0.05, 0.1) is 11.8 Å². The fraction of sp³-hybridized carbons (Fsp3) is 0.269. The van der Waals surface area contributed by atoms with Crippen LogP contribution in [0.25, 0.3) is 23.0 Å². The van der Waals surface area contributed by atoms with Gasteiger partial charge >= 0.3 is 5.97 Å². The Morgan fingerprint density at radius 3 is 2.70 bits per heavy atom. The fourth-order valence-electron chi connectivity index (χ4n) is 4.53. The Morgan fingerprint density at radius 2 is 1.94 bits per heavy atom.